The molecule has 1 aliphatic rings. The van der Waals surface area contributed by atoms with Gasteiger partial charge in [-0.05, 0) is 50.2 Å². The van der Waals surface area contributed by atoms with Gasteiger partial charge in [0, 0.05) is 31.2 Å². The summed E-state index contributed by atoms with van der Waals surface area (Å²) in [6.45, 7) is 4.35. The Kier molecular flexibility index (Phi) is 8.99. The molecule has 0 radical (unpaired) electrons. The molecule has 0 atom stereocenters. The monoisotopic (exact) mass is 405 g/mol. The zero-order valence-electron chi connectivity index (χ0n) is 15.2. The van der Waals surface area contributed by atoms with Crippen LogP contribution in [-0.4, -0.2) is 47.7 Å². The summed E-state index contributed by atoms with van der Waals surface area (Å²) < 4.78 is 33.1. The molecule has 0 unspecified atom stereocenters. The number of sulfonamides is 1. The average molecular weight is 406 g/mol. The average Bonchev–Trinajstić information content (AvgIpc) is 2.62. The van der Waals surface area contributed by atoms with Crippen molar-refractivity contribution in [3.8, 4) is 0 Å². The highest BCUT2D eigenvalue weighted by molar-refractivity contribution is 7.89. The minimum atomic E-state index is -3.61. The third kappa shape index (κ3) is 6.21. The molecule has 1 fully saturated rings. The Bertz CT molecular complexity index is 668. The number of piperidine rings is 1. The van der Waals surface area contributed by atoms with Crippen molar-refractivity contribution >= 4 is 34.0 Å². The first kappa shape index (κ1) is 22.9. The lowest BCUT2D eigenvalue weighted by Crippen LogP contribution is -2.47. The molecule has 3 N–H and O–H groups in total. The first-order valence-electron chi connectivity index (χ1n) is 8.50. The largest absolute Gasteiger partial charge is 0.384 e. The Morgan fingerprint density at radius 3 is 2.38 bits per heavy atom. The number of ether oxygens (including phenoxy) is 1. The van der Waals surface area contributed by atoms with Crippen LogP contribution in [0.5, 0.6) is 0 Å². The van der Waals surface area contributed by atoms with E-state index in [0.29, 0.717) is 25.3 Å². The first-order valence-corrected chi connectivity index (χ1v) is 9.98. The van der Waals surface area contributed by atoms with E-state index in [1.165, 1.54) is 12.1 Å². The number of rotatable bonds is 8. The number of amides is 1. The van der Waals surface area contributed by atoms with E-state index in [0.717, 1.165) is 25.9 Å². The van der Waals surface area contributed by atoms with Crippen LogP contribution >= 0.6 is 12.4 Å². The van der Waals surface area contributed by atoms with Crippen molar-refractivity contribution in [2.75, 3.05) is 38.7 Å². The van der Waals surface area contributed by atoms with Crippen molar-refractivity contribution in [3.63, 3.8) is 0 Å². The topological polar surface area (TPSA) is 96.5 Å². The fourth-order valence-corrected chi connectivity index (χ4v) is 4.09. The molecule has 1 amide bonds. The highest BCUT2D eigenvalue weighted by Gasteiger charge is 2.33. The lowest BCUT2D eigenvalue weighted by atomic mass is 9.80. The van der Waals surface area contributed by atoms with Gasteiger partial charge in [-0.2, -0.15) is 0 Å². The maximum absolute atomic E-state index is 12.6. The molecule has 0 spiro atoms. The molecule has 148 valence electrons. The molecule has 1 aromatic carbocycles. The zero-order valence-corrected chi connectivity index (χ0v) is 16.8. The first-order chi connectivity index (χ1) is 11.9. The fourth-order valence-electron chi connectivity index (χ4n) is 2.93. The fraction of sp³-hybridized carbons (Fsp3) is 0.588. The van der Waals surface area contributed by atoms with Gasteiger partial charge in [-0.1, -0.05) is 6.92 Å². The van der Waals surface area contributed by atoms with Gasteiger partial charge in [0.2, 0.25) is 15.9 Å². The van der Waals surface area contributed by atoms with E-state index in [2.05, 4.69) is 15.4 Å². The van der Waals surface area contributed by atoms with E-state index in [4.69, 9.17) is 4.74 Å². The van der Waals surface area contributed by atoms with Crippen molar-refractivity contribution in [2.45, 2.75) is 31.1 Å². The summed E-state index contributed by atoms with van der Waals surface area (Å²) in [6, 6.07) is 6.19. The third-order valence-electron chi connectivity index (χ3n) is 4.52. The minimum Gasteiger partial charge on any atom is -0.384 e. The molecule has 1 aliphatic heterocycles. The molecular formula is C17H28ClN3O4S. The van der Waals surface area contributed by atoms with Gasteiger partial charge in [0.15, 0.2) is 0 Å². The van der Waals surface area contributed by atoms with Gasteiger partial charge in [-0.15, -0.1) is 12.4 Å². The van der Waals surface area contributed by atoms with Gasteiger partial charge >= 0.3 is 0 Å². The highest BCUT2D eigenvalue weighted by atomic mass is 35.5. The number of anilines is 1. The van der Waals surface area contributed by atoms with E-state index in [9.17, 15) is 13.2 Å². The molecule has 9 heteroatoms. The lowest BCUT2D eigenvalue weighted by molar-refractivity contribution is -0.115. The van der Waals surface area contributed by atoms with Crippen LogP contribution in [0, 0.1) is 5.41 Å². The summed E-state index contributed by atoms with van der Waals surface area (Å²) in [4.78, 5) is 11.6. The van der Waals surface area contributed by atoms with Crippen LogP contribution in [0.15, 0.2) is 29.2 Å². The second kappa shape index (κ2) is 10.2. The van der Waals surface area contributed by atoms with Gasteiger partial charge < -0.3 is 15.4 Å². The number of carbonyl (C=O) groups excluding carboxylic acids is 1. The molecule has 0 bridgehead atoms. The number of methoxy groups -OCH3 is 1. The van der Waals surface area contributed by atoms with Crippen molar-refractivity contribution in [3.05, 3.63) is 24.3 Å². The van der Waals surface area contributed by atoms with E-state index in [1.807, 2.05) is 0 Å². The van der Waals surface area contributed by atoms with Crippen LogP contribution in [0.25, 0.3) is 0 Å². The molecule has 2 rings (SSSR count). The second-order valence-corrected chi connectivity index (χ2v) is 8.20. The summed E-state index contributed by atoms with van der Waals surface area (Å²) in [5.74, 6) is -0.110. The van der Waals surface area contributed by atoms with Gasteiger partial charge in [-0.25, -0.2) is 13.1 Å². The molecule has 1 saturated heterocycles. The summed E-state index contributed by atoms with van der Waals surface area (Å²) >= 11 is 0. The quantitative estimate of drug-likeness (QED) is 0.612. The van der Waals surface area contributed by atoms with E-state index in [1.54, 1.807) is 26.2 Å². The number of carbonyl (C=O) groups is 1. The molecule has 0 aliphatic carbocycles. The molecule has 26 heavy (non-hydrogen) atoms. The molecule has 1 aromatic rings. The number of hydrogen-bond donors (Lipinski definition) is 3. The number of benzene rings is 1. The van der Waals surface area contributed by atoms with E-state index in [-0.39, 0.29) is 28.6 Å². The van der Waals surface area contributed by atoms with Gasteiger partial charge in [-0.3, -0.25) is 4.79 Å². The van der Waals surface area contributed by atoms with Crippen molar-refractivity contribution in [2.24, 2.45) is 5.41 Å². The summed E-state index contributed by atoms with van der Waals surface area (Å²) in [5, 5.41) is 5.99. The van der Waals surface area contributed by atoms with Crippen LogP contribution in [0.1, 0.15) is 26.2 Å². The Hall–Kier alpha value is -1.19. The van der Waals surface area contributed by atoms with Crippen LogP contribution in [0.2, 0.25) is 0 Å². The summed E-state index contributed by atoms with van der Waals surface area (Å²) in [6.07, 6.45) is 2.11. The van der Waals surface area contributed by atoms with Crippen LogP contribution in [0.4, 0.5) is 5.69 Å². The minimum absolute atomic E-state index is 0. The van der Waals surface area contributed by atoms with E-state index < -0.39 is 10.0 Å². The molecule has 0 saturated carbocycles. The third-order valence-corrected chi connectivity index (χ3v) is 5.94. The predicted octanol–water partition coefficient (Wildman–Crippen LogP) is 1.75. The molecule has 7 nitrogen and oxygen atoms in total. The van der Waals surface area contributed by atoms with Crippen molar-refractivity contribution < 1.29 is 17.9 Å². The smallest absolute Gasteiger partial charge is 0.240 e. The normalized spacial score (nSPS) is 16.5. The lowest BCUT2D eigenvalue weighted by Gasteiger charge is -2.37. The molecule has 0 aromatic heterocycles. The zero-order chi connectivity index (χ0) is 18.3. The maximum Gasteiger partial charge on any atom is 0.240 e. The van der Waals surface area contributed by atoms with E-state index >= 15 is 0 Å². The Labute approximate surface area is 161 Å². The predicted molar refractivity (Wildman–Crippen MR) is 104 cm³/mol. The Morgan fingerprint density at radius 1 is 1.23 bits per heavy atom. The highest BCUT2D eigenvalue weighted by Crippen LogP contribution is 2.29. The van der Waals surface area contributed by atoms with Crippen molar-refractivity contribution in [1.82, 2.24) is 10.0 Å². The van der Waals surface area contributed by atoms with Gasteiger partial charge in [0.1, 0.15) is 0 Å². The number of nitrogens with one attached hydrogen (secondary N) is 3. The van der Waals surface area contributed by atoms with Crippen LogP contribution in [-0.2, 0) is 19.6 Å². The molecule has 1 heterocycles. The van der Waals surface area contributed by atoms with Gasteiger partial charge in [0.05, 0.1) is 11.5 Å². The maximum atomic E-state index is 12.6. The van der Waals surface area contributed by atoms with Crippen molar-refractivity contribution in [1.29, 1.82) is 0 Å². The summed E-state index contributed by atoms with van der Waals surface area (Å²) in [5.41, 5.74) is 0.405. The number of halogens is 1. The van der Waals surface area contributed by atoms with Crippen LogP contribution < -0.4 is 15.4 Å². The second-order valence-electron chi connectivity index (χ2n) is 6.43. The Morgan fingerprint density at radius 2 is 1.85 bits per heavy atom. The number of hydrogen-bond acceptors (Lipinski definition) is 5. The Balaban J connectivity index is 0.00000338. The standard InChI is InChI=1S/C17H27N3O4S.ClH/c1-3-16(21)20-14-4-6-15(7-5-14)25(22,23)19-12-17(13-24-2)8-10-18-11-9-17;/h4-7,18-19H,3,8-13H2,1-2H3,(H,20,21);1H. The SMILES string of the molecule is CCC(=O)Nc1ccc(S(=O)(=O)NCC2(COC)CCNCC2)cc1.Cl. The van der Waals surface area contributed by atoms with Gasteiger partial charge in [0.25, 0.3) is 0 Å². The molecular weight excluding hydrogens is 378 g/mol. The summed E-state index contributed by atoms with van der Waals surface area (Å²) in [7, 11) is -1.97. The van der Waals surface area contributed by atoms with Crippen LogP contribution in [0.3, 0.4) is 0 Å².